The number of nitrogens with zero attached hydrogens (tertiary/aromatic N) is 3. The van der Waals surface area contributed by atoms with E-state index in [1.807, 2.05) is 20.0 Å². The molecule has 102 valence electrons. The van der Waals surface area contributed by atoms with Gasteiger partial charge in [0.2, 0.25) is 11.7 Å². The second kappa shape index (κ2) is 5.93. The Kier molecular flexibility index (Phi) is 4.27. The summed E-state index contributed by atoms with van der Waals surface area (Å²) in [5.74, 6) is 1.78. The van der Waals surface area contributed by atoms with E-state index in [1.54, 1.807) is 12.4 Å². The molecular formula is C14H20N4O. The van der Waals surface area contributed by atoms with Crippen LogP contribution in [0.3, 0.4) is 0 Å². The minimum Gasteiger partial charge on any atom is -0.339 e. The second-order valence-electron chi connectivity index (χ2n) is 5.05. The molecule has 1 atom stereocenters. The summed E-state index contributed by atoms with van der Waals surface area (Å²) in [7, 11) is 1.95. The van der Waals surface area contributed by atoms with Crippen molar-refractivity contribution in [2.24, 2.45) is 5.92 Å². The second-order valence-corrected chi connectivity index (χ2v) is 5.05. The van der Waals surface area contributed by atoms with Gasteiger partial charge >= 0.3 is 0 Å². The number of aryl methyl sites for hydroxylation is 1. The molecule has 0 aliphatic heterocycles. The molecule has 1 N–H and O–H groups in total. The van der Waals surface area contributed by atoms with Gasteiger partial charge in [-0.1, -0.05) is 19.0 Å². The van der Waals surface area contributed by atoms with Gasteiger partial charge in [0.05, 0.1) is 0 Å². The summed E-state index contributed by atoms with van der Waals surface area (Å²) in [5.41, 5.74) is 2.01. The van der Waals surface area contributed by atoms with Crippen LogP contribution >= 0.6 is 0 Å². The monoisotopic (exact) mass is 260 g/mol. The lowest BCUT2D eigenvalue weighted by Crippen LogP contribution is -2.32. The first-order valence-electron chi connectivity index (χ1n) is 6.52. The zero-order valence-corrected chi connectivity index (χ0v) is 11.8. The molecule has 0 fully saturated rings. The third kappa shape index (κ3) is 3.17. The van der Waals surface area contributed by atoms with E-state index in [1.165, 1.54) is 0 Å². The summed E-state index contributed by atoms with van der Waals surface area (Å²) in [5, 5.41) is 7.31. The molecule has 1 unspecified atom stereocenters. The summed E-state index contributed by atoms with van der Waals surface area (Å²) in [6.45, 7) is 6.35. The Hall–Kier alpha value is -1.75. The van der Waals surface area contributed by atoms with Crippen LogP contribution in [0.25, 0.3) is 11.4 Å². The molecule has 5 heteroatoms. The van der Waals surface area contributed by atoms with Crippen LogP contribution < -0.4 is 5.32 Å². The summed E-state index contributed by atoms with van der Waals surface area (Å²) >= 11 is 0. The van der Waals surface area contributed by atoms with Crippen molar-refractivity contribution in [1.82, 2.24) is 20.4 Å². The van der Waals surface area contributed by atoms with Crippen LogP contribution in [0.1, 0.15) is 25.3 Å². The maximum atomic E-state index is 5.33. The topological polar surface area (TPSA) is 63.8 Å². The quantitative estimate of drug-likeness (QED) is 0.893. The first-order valence-corrected chi connectivity index (χ1v) is 6.52. The van der Waals surface area contributed by atoms with Gasteiger partial charge in [-0.15, -0.1) is 0 Å². The molecule has 5 nitrogen and oxygen atoms in total. The van der Waals surface area contributed by atoms with Crippen LogP contribution in [0.15, 0.2) is 23.0 Å². The fourth-order valence-corrected chi connectivity index (χ4v) is 2.00. The Morgan fingerprint density at radius 3 is 2.79 bits per heavy atom. The van der Waals surface area contributed by atoms with E-state index < -0.39 is 0 Å². The third-order valence-electron chi connectivity index (χ3n) is 3.32. The smallest absolute Gasteiger partial charge is 0.228 e. The van der Waals surface area contributed by atoms with Crippen molar-refractivity contribution >= 4 is 0 Å². The molecule has 2 rings (SSSR count). The molecule has 2 aromatic rings. The number of rotatable bonds is 5. The lowest BCUT2D eigenvalue weighted by atomic mass is 10.0. The largest absolute Gasteiger partial charge is 0.339 e. The van der Waals surface area contributed by atoms with Crippen molar-refractivity contribution in [3.63, 3.8) is 0 Å². The maximum Gasteiger partial charge on any atom is 0.228 e. The van der Waals surface area contributed by atoms with E-state index in [2.05, 4.69) is 34.3 Å². The fraction of sp³-hybridized carbons (Fsp3) is 0.500. The molecule has 19 heavy (non-hydrogen) atoms. The summed E-state index contributed by atoms with van der Waals surface area (Å²) < 4.78 is 5.33. The van der Waals surface area contributed by atoms with Gasteiger partial charge in [-0.25, -0.2) is 0 Å². The SMILES string of the molecule is CNC(Cc1nc(-c2cnccc2C)no1)C(C)C. The van der Waals surface area contributed by atoms with Crippen molar-refractivity contribution in [2.75, 3.05) is 7.05 Å². The number of nitrogens with one attached hydrogen (secondary N) is 1. The predicted molar refractivity (Wildman–Crippen MR) is 73.7 cm³/mol. The minimum atomic E-state index is 0.336. The van der Waals surface area contributed by atoms with E-state index in [9.17, 15) is 0 Å². The van der Waals surface area contributed by atoms with Crippen molar-refractivity contribution in [3.8, 4) is 11.4 Å². The highest BCUT2D eigenvalue weighted by atomic mass is 16.5. The van der Waals surface area contributed by atoms with Crippen molar-refractivity contribution in [3.05, 3.63) is 29.9 Å². The van der Waals surface area contributed by atoms with E-state index in [0.717, 1.165) is 17.5 Å². The molecule has 0 radical (unpaired) electrons. The summed E-state index contributed by atoms with van der Waals surface area (Å²) in [6, 6.07) is 2.28. The Balaban J connectivity index is 2.18. The number of aromatic nitrogens is 3. The lowest BCUT2D eigenvalue weighted by Gasteiger charge is -2.17. The Bertz CT molecular complexity index is 536. The molecule has 0 aliphatic rings. The van der Waals surface area contributed by atoms with Crippen LogP contribution in [-0.4, -0.2) is 28.2 Å². The molecule has 0 aromatic carbocycles. The van der Waals surface area contributed by atoms with E-state index >= 15 is 0 Å². The molecule has 0 saturated heterocycles. The van der Waals surface area contributed by atoms with Crippen LogP contribution in [0.5, 0.6) is 0 Å². The van der Waals surface area contributed by atoms with Crippen molar-refractivity contribution < 1.29 is 4.52 Å². The zero-order chi connectivity index (χ0) is 13.8. The highest BCUT2D eigenvalue weighted by molar-refractivity contribution is 5.57. The average Bonchev–Trinajstić information content (AvgIpc) is 2.84. The van der Waals surface area contributed by atoms with Crippen molar-refractivity contribution in [2.45, 2.75) is 33.2 Å². The lowest BCUT2D eigenvalue weighted by molar-refractivity contribution is 0.335. The van der Waals surface area contributed by atoms with Gasteiger partial charge in [-0.2, -0.15) is 4.98 Å². The molecule has 0 amide bonds. The van der Waals surface area contributed by atoms with Crippen LogP contribution in [0, 0.1) is 12.8 Å². The number of hydrogen-bond acceptors (Lipinski definition) is 5. The van der Waals surface area contributed by atoms with Crippen LogP contribution in [0.4, 0.5) is 0 Å². The Labute approximate surface area is 113 Å². The van der Waals surface area contributed by atoms with Gasteiger partial charge in [0.25, 0.3) is 0 Å². The zero-order valence-electron chi connectivity index (χ0n) is 11.8. The molecule has 2 heterocycles. The Morgan fingerprint density at radius 1 is 1.37 bits per heavy atom. The van der Waals surface area contributed by atoms with Gasteiger partial charge < -0.3 is 9.84 Å². The van der Waals surface area contributed by atoms with Crippen LogP contribution in [0.2, 0.25) is 0 Å². The fourth-order valence-electron chi connectivity index (χ4n) is 2.00. The molecule has 0 aliphatic carbocycles. The summed E-state index contributed by atoms with van der Waals surface area (Å²) in [6.07, 6.45) is 4.26. The average molecular weight is 260 g/mol. The number of hydrogen-bond donors (Lipinski definition) is 1. The highest BCUT2D eigenvalue weighted by Crippen LogP contribution is 2.19. The molecule has 2 aromatic heterocycles. The Morgan fingerprint density at radius 2 is 2.16 bits per heavy atom. The minimum absolute atomic E-state index is 0.336. The van der Waals surface area contributed by atoms with Crippen molar-refractivity contribution in [1.29, 1.82) is 0 Å². The van der Waals surface area contributed by atoms with Gasteiger partial charge in [0, 0.05) is 30.4 Å². The summed E-state index contributed by atoms with van der Waals surface area (Å²) in [4.78, 5) is 8.56. The highest BCUT2D eigenvalue weighted by Gasteiger charge is 2.17. The first kappa shape index (κ1) is 13.7. The molecule has 0 bridgehead atoms. The van der Waals surface area contributed by atoms with Gasteiger partial charge in [-0.3, -0.25) is 4.98 Å². The van der Waals surface area contributed by atoms with Gasteiger partial charge in [-0.05, 0) is 31.5 Å². The number of likely N-dealkylation sites (N-methyl/N-ethyl adjacent to an activating group) is 1. The molecule has 0 spiro atoms. The van der Waals surface area contributed by atoms with Gasteiger partial charge in [0.15, 0.2) is 0 Å². The van der Waals surface area contributed by atoms with E-state index in [-0.39, 0.29) is 0 Å². The van der Waals surface area contributed by atoms with E-state index in [0.29, 0.717) is 23.7 Å². The molecular weight excluding hydrogens is 240 g/mol. The number of pyridine rings is 1. The predicted octanol–water partition coefficient (Wildman–Crippen LogP) is 2.23. The first-order chi connectivity index (χ1) is 9.11. The van der Waals surface area contributed by atoms with E-state index in [4.69, 9.17) is 4.52 Å². The normalized spacial score (nSPS) is 12.9. The standard InChI is InChI=1S/C14H20N4O/c1-9(2)12(15-4)7-13-17-14(18-19-13)11-8-16-6-5-10(11)3/h5-6,8-9,12,15H,7H2,1-4H3. The van der Waals surface area contributed by atoms with Crippen LogP contribution in [-0.2, 0) is 6.42 Å². The maximum absolute atomic E-state index is 5.33. The molecule has 0 saturated carbocycles. The third-order valence-corrected chi connectivity index (χ3v) is 3.32. The van der Waals surface area contributed by atoms with Gasteiger partial charge in [0.1, 0.15) is 0 Å².